The van der Waals surface area contributed by atoms with E-state index in [1.54, 1.807) is 0 Å². The monoisotopic (exact) mass is 325 g/mol. The van der Waals surface area contributed by atoms with Gasteiger partial charge in [-0.2, -0.15) is 13.2 Å². The Morgan fingerprint density at radius 1 is 1.22 bits per heavy atom. The van der Waals surface area contributed by atoms with E-state index < -0.39 is 29.5 Å². The lowest BCUT2D eigenvalue weighted by molar-refractivity contribution is -0.145. The molecule has 4 rings (SSSR count). The van der Waals surface area contributed by atoms with Gasteiger partial charge >= 0.3 is 12.1 Å². The highest BCUT2D eigenvalue weighted by Gasteiger charge is 2.63. The lowest BCUT2D eigenvalue weighted by Crippen LogP contribution is -2.36. The van der Waals surface area contributed by atoms with Crippen molar-refractivity contribution in [3.05, 3.63) is 29.8 Å². The molecule has 0 unspecified atom stereocenters. The molecule has 23 heavy (non-hydrogen) atoms. The summed E-state index contributed by atoms with van der Waals surface area (Å²) in [6.07, 6.45) is -3.29. The second kappa shape index (κ2) is 4.72. The average molecular weight is 325 g/mol. The van der Waals surface area contributed by atoms with Gasteiger partial charge in [0.2, 0.25) is 5.91 Å². The summed E-state index contributed by atoms with van der Waals surface area (Å²) in [5.41, 5.74) is -1.15. The number of anilines is 1. The Hall–Kier alpha value is -2.05. The van der Waals surface area contributed by atoms with Crippen LogP contribution in [0.25, 0.3) is 0 Å². The number of hydrogen-bond acceptors (Lipinski definition) is 3. The highest BCUT2D eigenvalue weighted by Crippen LogP contribution is 2.57. The zero-order valence-electron chi connectivity index (χ0n) is 12.0. The number of benzene rings is 1. The molecule has 2 aliphatic carbocycles. The second-order valence-electron chi connectivity index (χ2n) is 6.45. The molecule has 7 heteroatoms. The average Bonchev–Trinajstić information content (AvgIpc) is 3.08. The molecule has 1 aliphatic heterocycles. The first-order valence-corrected chi connectivity index (χ1v) is 7.54. The number of hydrogen-bond donors (Lipinski definition) is 1. The number of fused-ring (bicyclic) bond motifs is 1. The highest BCUT2D eigenvalue weighted by molar-refractivity contribution is 5.97. The van der Waals surface area contributed by atoms with E-state index in [0.29, 0.717) is 6.42 Å². The fourth-order valence-corrected chi connectivity index (χ4v) is 4.42. The van der Waals surface area contributed by atoms with E-state index in [1.165, 1.54) is 18.2 Å². The van der Waals surface area contributed by atoms with Crippen molar-refractivity contribution in [2.45, 2.75) is 25.1 Å². The molecule has 4 nitrogen and oxygen atoms in total. The van der Waals surface area contributed by atoms with E-state index in [-0.39, 0.29) is 29.6 Å². The molecule has 2 bridgehead atoms. The zero-order chi connectivity index (χ0) is 16.4. The standard InChI is InChI=1S/C16H14F3NO3/c17-16(18,19)9-3-1-2-4-10(9)20-14(21)12-7-5-8-11(6-7)23-15(22)13(8)12/h1-4,7-8,11-13H,5-6H2,(H,20,21)/t7-,8+,11-,12+,13+/m1/s1. The van der Waals surface area contributed by atoms with Gasteiger partial charge in [-0.15, -0.1) is 0 Å². The van der Waals surface area contributed by atoms with Crippen molar-refractivity contribution in [1.29, 1.82) is 0 Å². The summed E-state index contributed by atoms with van der Waals surface area (Å²) < 4.78 is 44.3. The van der Waals surface area contributed by atoms with Crippen molar-refractivity contribution >= 4 is 17.6 Å². The summed E-state index contributed by atoms with van der Waals surface area (Å²) in [6.45, 7) is 0. The molecule has 122 valence electrons. The number of carbonyl (C=O) groups excluding carboxylic acids is 2. The third-order valence-electron chi connectivity index (χ3n) is 5.28. The Morgan fingerprint density at radius 2 is 1.96 bits per heavy atom. The van der Waals surface area contributed by atoms with Crippen LogP contribution in [0.15, 0.2) is 24.3 Å². The number of ether oxygens (including phenoxy) is 1. The van der Waals surface area contributed by atoms with Crippen molar-refractivity contribution < 1.29 is 27.5 Å². The van der Waals surface area contributed by atoms with Crippen LogP contribution in [0.5, 0.6) is 0 Å². The number of amides is 1. The minimum absolute atomic E-state index is 0.0134. The van der Waals surface area contributed by atoms with Crippen LogP contribution in [-0.4, -0.2) is 18.0 Å². The Morgan fingerprint density at radius 3 is 2.70 bits per heavy atom. The maximum Gasteiger partial charge on any atom is 0.418 e. The van der Waals surface area contributed by atoms with Crippen LogP contribution in [0.4, 0.5) is 18.9 Å². The Labute approximate surface area is 130 Å². The molecule has 1 N–H and O–H groups in total. The molecule has 3 fully saturated rings. The van der Waals surface area contributed by atoms with Crippen molar-refractivity contribution in [2.75, 3.05) is 5.32 Å². The number of para-hydroxylation sites is 1. The first-order chi connectivity index (χ1) is 10.9. The topological polar surface area (TPSA) is 55.4 Å². The van der Waals surface area contributed by atoms with E-state index in [1.807, 2.05) is 0 Å². The van der Waals surface area contributed by atoms with E-state index >= 15 is 0 Å². The fraction of sp³-hybridized carbons (Fsp3) is 0.500. The van der Waals surface area contributed by atoms with Gasteiger partial charge in [-0.3, -0.25) is 9.59 Å². The number of rotatable bonds is 2. The molecule has 0 spiro atoms. The molecule has 1 saturated heterocycles. The van der Waals surface area contributed by atoms with Gasteiger partial charge in [0.15, 0.2) is 0 Å². The molecule has 0 aromatic heterocycles. The lowest BCUT2D eigenvalue weighted by atomic mass is 9.79. The summed E-state index contributed by atoms with van der Waals surface area (Å²) >= 11 is 0. The smallest absolute Gasteiger partial charge is 0.418 e. The number of carbonyl (C=O) groups is 2. The Balaban J connectivity index is 1.59. The lowest BCUT2D eigenvalue weighted by Gasteiger charge is -2.24. The summed E-state index contributed by atoms with van der Waals surface area (Å²) in [4.78, 5) is 24.4. The fourth-order valence-electron chi connectivity index (χ4n) is 4.42. The van der Waals surface area contributed by atoms with Gasteiger partial charge in [-0.05, 0) is 30.9 Å². The first kappa shape index (κ1) is 14.5. The predicted molar refractivity (Wildman–Crippen MR) is 73.1 cm³/mol. The minimum Gasteiger partial charge on any atom is -0.462 e. The third-order valence-corrected chi connectivity index (χ3v) is 5.28. The van der Waals surface area contributed by atoms with Gasteiger partial charge < -0.3 is 10.1 Å². The molecule has 1 aromatic rings. The first-order valence-electron chi connectivity index (χ1n) is 7.54. The molecule has 5 atom stereocenters. The summed E-state index contributed by atoms with van der Waals surface area (Å²) in [5.74, 6) is -1.94. The molecule has 3 aliphatic rings. The van der Waals surface area contributed by atoms with Crippen LogP contribution in [0, 0.1) is 23.7 Å². The summed E-state index contributed by atoms with van der Waals surface area (Å²) in [7, 11) is 0. The normalized spacial score (nSPS) is 34.6. The number of nitrogens with one attached hydrogen (secondary N) is 1. The van der Waals surface area contributed by atoms with Crippen molar-refractivity contribution in [3.63, 3.8) is 0 Å². The van der Waals surface area contributed by atoms with Crippen molar-refractivity contribution in [2.24, 2.45) is 23.7 Å². The van der Waals surface area contributed by atoms with E-state index in [2.05, 4.69) is 5.32 Å². The van der Waals surface area contributed by atoms with Gasteiger partial charge in [0, 0.05) is 5.92 Å². The molecule has 1 amide bonds. The Kier molecular flexibility index (Phi) is 2.98. The summed E-state index contributed by atoms with van der Waals surface area (Å²) in [6, 6.07) is 4.86. The molecule has 0 radical (unpaired) electrons. The van der Waals surface area contributed by atoms with Crippen LogP contribution in [0.2, 0.25) is 0 Å². The Bertz CT molecular complexity index is 685. The molecular formula is C16H14F3NO3. The van der Waals surface area contributed by atoms with Crippen molar-refractivity contribution in [3.8, 4) is 0 Å². The predicted octanol–water partition coefficient (Wildman–Crippen LogP) is 2.84. The van der Waals surface area contributed by atoms with Gasteiger partial charge in [0.25, 0.3) is 0 Å². The molecule has 2 saturated carbocycles. The van der Waals surface area contributed by atoms with Crippen LogP contribution in [-0.2, 0) is 20.5 Å². The number of esters is 1. The van der Waals surface area contributed by atoms with Crippen LogP contribution in [0.1, 0.15) is 18.4 Å². The molecule has 1 heterocycles. The van der Waals surface area contributed by atoms with Gasteiger partial charge in [0.05, 0.1) is 23.1 Å². The van der Waals surface area contributed by atoms with E-state index in [4.69, 9.17) is 4.74 Å². The maximum absolute atomic E-state index is 13.0. The van der Waals surface area contributed by atoms with Crippen LogP contribution >= 0.6 is 0 Å². The minimum atomic E-state index is -4.55. The summed E-state index contributed by atoms with van der Waals surface area (Å²) in [5, 5.41) is 2.38. The molecular weight excluding hydrogens is 311 g/mol. The van der Waals surface area contributed by atoms with Crippen LogP contribution in [0.3, 0.4) is 0 Å². The largest absolute Gasteiger partial charge is 0.462 e. The second-order valence-corrected chi connectivity index (χ2v) is 6.45. The maximum atomic E-state index is 13.0. The molecule has 1 aromatic carbocycles. The zero-order valence-corrected chi connectivity index (χ0v) is 12.0. The SMILES string of the molecule is O=C(Nc1ccccc1C(F)(F)F)[C@H]1[C@@H]2C[C@@H]3[C@@H]1C(=O)O[C@@H]3C2. The number of alkyl halides is 3. The van der Waals surface area contributed by atoms with Crippen LogP contribution < -0.4 is 5.32 Å². The van der Waals surface area contributed by atoms with E-state index in [0.717, 1.165) is 12.5 Å². The van der Waals surface area contributed by atoms with Gasteiger partial charge in [-0.1, -0.05) is 12.1 Å². The number of halogens is 3. The third kappa shape index (κ3) is 2.13. The van der Waals surface area contributed by atoms with Crippen molar-refractivity contribution in [1.82, 2.24) is 0 Å². The van der Waals surface area contributed by atoms with Gasteiger partial charge in [-0.25, -0.2) is 0 Å². The van der Waals surface area contributed by atoms with E-state index in [9.17, 15) is 22.8 Å². The quantitative estimate of drug-likeness (QED) is 0.851. The van der Waals surface area contributed by atoms with Gasteiger partial charge in [0.1, 0.15) is 6.10 Å². The highest BCUT2D eigenvalue weighted by atomic mass is 19.4.